The molecule has 1 aliphatic heterocycles. The van der Waals surface area contributed by atoms with Crippen LogP contribution in [0.15, 0.2) is 79.1 Å². The molecule has 28 heavy (non-hydrogen) atoms. The van der Waals surface area contributed by atoms with Gasteiger partial charge in [0.05, 0.1) is 17.4 Å². The van der Waals surface area contributed by atoms with Crippen LogP contribution in [0, 0.1) is 5.92 Å². The Labute approximate surface area is 163 Å². The number of nitrogens with zero attached hydrogens (tertiary/aromatic N) is 3. The minimum Gasteiger partial charge on any atom is -0.299 e. The van der Waals surface area contributed by atoms with Gasteiger partial charge in [-0.15, -0.1) is 0 Å². The van der Waals surface area contributed by atoms with Gasteiger partial charge >= 0.3 is 0 Å². The van der Waals surface area contributed by atoms with Crippen LogP contribution in [0.4, 0.5) is 5.69 Å². The van der Waals surface area contributed by atoms with Gasteiger partial charge in [0.25, 0.3) is 0 Å². The monoisotopic (exact) mass is 372 g/mol. The topological polar surface area (TPSA) is 75.2 Å². The van der Waals surface area contributed by atoms with Crippen molar-refractivity contribution in [1.82, 2.24) is 15.3 Å². The Morgan fingerprint density at radius 3 is 2.07 bits per heavy atom. The van der Waals surface area contributed by atoms with Crippen LogP contribution in [0.25, 0.3) is 0 Å². The van der Waals surface area contributed by atoms with Crippen LogP contribution in [0.1, 0.15) is 30.5 Å². The third-order valence-corrected chi connectivity index (χ3v) is 4.88. The third kappa shape index (κ3) is 3.30. The normalized spacial score (nSPS) is 22.1. The molecule has 0 radical (unpaired) electrons. The van der Waals surface area contributed by atoms with Gasteiger partial charge in [-0.2, -0.15) is 0 Å². The van der Waals surface area contributed by atoms with Gasteiger partial charge in [-0.1, -0.05) is 30.3 Å². The van der Waals surface area contributed by atoms with Gasteiger partial charge in [-0.05, 0) is 43.3 Å². The third-order valence-electron chi connectivity index (χ3n) is 4.88. The highest BCUT2D eigenvalue weighted by molar-refractivity contribution is 6.09. The number of benzene rings is 1. The van der Waals surface area contributed by atoms with E-state index in [-0.39, 0.29) is 11.7 Å². The van der Waals surface area contributed by atoms with Crippen LogP contribution in [0.5, 0.6) is 0 Å². The van der Waals surface area contributed by atoms with E-state index < -0.39 is 18.1 Å². The van der Waals surface area contributed by atoms with E-state index in [0.29, 0.717) is 17.1 Å². The summed E-state index contributed by atoms with van der Waals surface area (Å²) in [5.74, 6) is -1.33. The lowest BCUT2D eigenvalue weighted by Gasteiger charge is -2.43. The van der Waals surface area contributed by atoms with Crippen LogP contribution in [0.2, 0.25) is 0 Å². The molecular formula is C22H20N4O2. The molecule has 1 aliphatic rings. The summed E-state index contributed by atoms with van der Waals surface area (Å²) in [4.78, 5) is 36.5. The SMILES string of the molecule is CC(=O)C1C(=O)N(c2ccccc2)C(c2ccccn2)NC1c1ccccn1. The molecule has 0 saturated carbocycles. The first kappa shape index (κ1) is 18.0. The number of para-hydroxylation sites is 1. The largest absolute Gasteiger partial charge is 0.299 e. The van der Waals surface area contributed by atoms with Crippen molar-refractivity contribution >= 4 is 17.4 Å². The summed E-state index contributed by atoms with van der Waals surface area (Å²) in [5.41, 5.74) is 2.06. The van der Waals surface area contributed by atoms with Gasteiger partial charge in [0, 0.05) is 18.1 Å². The number of hydrogen-bond acceptors (Lipinski definition) is 5. The molecule has 0 aliphatic carbocycles. The van der Waals surface area contributed by atoms with Crippen molar-refractivity contribution in [3.8, 4) is 0 Å². The number of pyridine rings is 2. The van der Waals surface area contributed by atoms with E-state index >= 15 is 0 Å². The molecule has 0 bridgehead atoms. The van der Waals surface area contributed by atoms with Gasteiger partial charge in [0.1, 0.15) is 17.9 Å². The zero-order valence-corrected chi connectivity index (χ0v) is 15.4. The van der Waals surface area contributed by atoms with Crippen LogP contribution < -0.4 is 10.2 Å². The van der Waals surface area contributed by atoms with Gasteiger partial charge in [-0.3, -0.25) is 29.8 Å². The highest BCUT2D eigenvalue weighted by Crippen LogP contribution is 2.37. The van der Waals surface area contributed by atoms with Crippen molar-refractivity contribution in [2.24, 2.45) is 5.92 Å². The summed E-state index contributed by atoms with van der Waals surface area (Å²) < 4.78 is 0. The molecule has 6 heteroatoms. The molecule has 3 heterocycles. The summed E-state index contributed by atoms with van der Waals surface area (Å²) in [7, 11) is 0. The van der Waals surface area contributed by atoms with E-state index in [1.165, 1.54) is 6.92 Å². The lowest BCUT2D eigenvalue weighted by atomic mass is 9.87. The van der Waals surface area contributed by atoms with Gasteiger partial charge in [0.2, 0.25) is 5.91 Å². The lowest BCUT2D eigenvalue weighted by Crippen LogP contribution is -2.57. The maximum absolute atomic E-state index is 13.5. The Balaban J connectivity index is 1.84. The van der Waals surface area contributed by atoms with E-state index in [2.05, 4.69) is 15.3 Å². The summed E-state index contributed by atoms with van der Waals surface area (Å²) >= 11 is 0. The molecular weight excluding hydrogens is 352 g/mol. The maximum atomic E-state index is 13.5. The van der Waals surface area contributed by atoms with Crippen molar-refractivity contribution in [2.45, 2.75) is 19.1 Å². The number of amides is 1. The minimum absolute atomic E-state index is 0.200. The quantitative estimate of drug-likeness (QED) is 0.713. The predicted molar refractivity (Wildman–Crippen MR) is 105 cm³/mol. The Hall–Kier alpha value is -3.38. The van der Waals surface area contributed by atoms with Crippen molar-refractivity contribution in [2.75, 3.05) is 4.90 Å². The molecule has 1 fully saturated rings. The smallest absolute Gasteiger partial charge is 0.241 e. The highest BCUT2D eigenvalue weighted by Gasteiger charge is 2.46. The van der Waals surface area contributed by atoms with E-state index in [9.17, 15) is 9.59 Å². The summed E-state index contributed by atoms with van der Waals surface area (Å²) in [6.45, 7) is 1.45. The molecule has 1 N–H and O–H groups in total. The van der Waals surface area contributed by atoms with Crippen molar-refractivity contribution < 1.29 is 9.59 Å². The number of nitrogens with one attached hydrogen (secondary N) is 1. The molecule has 3 atom stereocenters. The molecule has 1 aromatic carbocycles. The molecule has 3 unspecified atom stereocenters. The number of ketones is 1. The maximum Gasteiger partial charge on any atom is 0.241 e. The van der Waals surface area contributed by atoms with Gasteiger partial charge in [0.15, 0.2) is 0 Å². The Morgan fingerprint density at radius 1 is 0.893 bits per heavy atom. The zero-order valence-electron chi connectivity index (χ0n) is 15.4. The number of carbonyl (C=O) groups excluding carboxylic acids is 2. The molecule has 2 aromatic heterocycles. The summed E-state index contributed by atoms with van der Waals surface area (Å²) in [6.07, 6.45) is 2.84. The van der Waals surface area contributed by atoms with Crippen LogP contribution in [-0.2, 0) is 9.59 Å². The Kier molecular flexibility index (Phi) is 4.95. The first-order valence-corrected chi connectivity index (χ1v) is 9.13. The van der Waals surface area contributed by atoms with E-state index in [4.69, 9.17) is 0 Å². The second-order valence-corrected chi connectivity index (χ2v) is 6.69. The predicted octanol–water partition coefficient (Wildman–Crippen LogP) is 3.06. The zero-order chi connectivity index (χ0) is 19.5. The summed E-state index contributed by atoms with van der Waals surface area (Å²) in [6, 6.07) is 19.9. The fourth-order valence-corrected chi connectivity index (χ4v) is 3.61. The van der Waals surface area contributed by atoms with Gasteiger partial charge in [-0.25, -0.2) is 0 Å². The first-order chi connectivity index (χ1) is 13.7. The van der Waals surface area contributed by atoms with E-state index in [1.807, 2.05) is 66.7 Å². The number of carbonyl (C=O) groups is 2. The average molecular weight is 372 g/mol. The second-order valence-electron chi connectivity index (χ2n) is 6.69. The van der Waals surface area contributed by atoms with E-state index in [0.717, 1.165) is 0 Å². The van der Waals surface area contributed by atoms with Crippen LogP contribution in [0.3, 0.4) is 0 Å². The standard InChI is InChI=1S/C22H20N4O2/c1-15(27)19-20(17-11-5-7-13-23-17)25-21(18-12-6-8-14-24-18)26(22(19)28)16-9-3-2-4-10-16/h2-14,19-21,25H,1H3. The molecule has 6 nitrogen and oxygen atoms in total. The number of Topliss-reactive ketones (excluding diaryl/α,β-unsaturated/α-hetero) is 1. The fraction of sp³-hybridized carbons (Fsp3) is 0.182. The average Bonchev–Trinajstić information content (AvgIpc) is 2.74. The minimum atomic E-state index is -0.866. The lowest BCUT2D eigenvalue weighted by molar-refractivity contribution is -0.135. The summed E-state index contributed by atoms with van der Waals surface area (Å²) in [5, 5.41) is 3.46. The number of aromatic nitrogens is 2. The molecule has 3 aromatic rings. The molecule has 0 spiro atoms. The Bertz CT molecular complexity index is 964. The van der Waals surface area contributed by atoms with Crippen molar-refractivity contribution in [1.29, 1.82) is 0 Å². The number of hydrogen-bond donors (Lipinski definition) is 1. The Morgan fingerprint density at radius 2 is 1.50 bits per heavy atom. The van der Waals surface area contributed by atoms with Crippen LogP contribution >= 0.6 is 0 Å². The second kappa shape index (κ2) is 7.70. The van der Waals surface area contributed by atoms with Crippen molar-refractivity contribution in [3.05, 3.63) is 90.5 Å². The van der Waals surface area contributed by atoms with Crippen LogP contribution in [-0.4, -0.2) is 21.7 Å². The number of rotatable bonds is 4. The molecule has 1 amide bonds. The van der Waals surface area contributed by atoms with E-state index in [1.54, 1.807) is 17.3 Å². The highest BCUT2D eigenvalue weighted by atomic mass is 16.2. The molecule has 140 valence electrons. The fourth-order valence-electron chi connectivity index (χ4n) is 3.61. The van der Waals surface area contributed by atoms with Crippen molar-refractivity contribution in [3.63, 3.8) is 0 Å². The first-order valence-electron chi connectivity index (χ1n) is 9.13. The van der Waals surface area contributed by atoms with Gasteiger partial charge < -0.3 is 0 Å². The molecule has 4 rings (SSSR count). The number of anilines is 1. The molecule has 1 saturated heterocycles.